The van der Waals surface area contributed by atoms with Crippen LogP contribution in [0, 0.1) is 0 Å². The van der Waals surface area contributed by atoms with Gasteiger partial charge in [-0.25, -0.2) is 9.59 Å². The molecular weight excluding hydrogens is 219 g/mol. The second-order valence-corrected chi connectivity index (χ2v) is 2.77. The van der Waals surface area contributed by atoms with Crippen LogP contribution in [0.15, 0.2) is 24.3 Å². The van der Waals surface area contributed by atoms with E-state index in [1.165, 1.54) is 24.3 Å². The molecule has 6 heteroatoms. The van der Waals surface area contributed by atoms with Gasteiger partial charge in [-0.3, -0.25) is 0 Å². The molecule has 0 unspecified atom stereocenters. The number of hydrogen-bond donors (Lipinski definition) is 1. The summed E-state index contributed by atoms with van der Waals surface area (Å²) in [6.07, 6.45) is -1.92. The molecular formula is C10H9FO5. The molecule has 1 aromatic rings. The molecule has 1 N–H and O–H groups in total. The van der Waals surface area contributed by atoms with Crippen LogP contribution >= 0.6 is 0 Å². The summed E-state index contributed by atoms with van der Waals surface area (Å²) in [4.78, 5) is 21.0. The Labute approximate surface area is 90.4 Å². The van der Waals surface area contributed by atoms with Gasteiger partial charge in [0, 0.05) is 0 Å². The third-order valence-corrected chi connectivity index (χ3v) is 1.64. The van der Waals surface area contributed by atoms with E-state index in [1.54, 1.807) is 0 Å². The zero-order valence-corrected chi connectivity index (χ0v) is 8.18. The number of rotatable bonds is 4. The predicted molar refractivity (Wildman–Crippen MR) is 50.8 cm³/mol. The summed E-state index contributed by atoms with van der Waals surface area (Å²) in [6.45, 7) is -0.561. The minimum Gasteiger partial charge on any atom is -0.508 e. The average Bonchev–Trinajstić information content (AvgIpc) is 2.25. The second-order valence-electron chi connectivity index (χ2n) is 2.77. The van der Waals surface area contributed by atoms with Gasteiger partial charge in [0.05, 0.1) is 5.56 Å². The predicted octanol–water partition coefficient (Wildman–Crippen LogP) is 1.66. The topological polar surface area (TPSA) is 72.8 Å². The van der Waals surface area contributed by atoms with Gasteiger partial charge in [-0.2, -0.15) is 0 Å². The lowest BCUT2D eigenvalue weighted by atomic mass is 10.2. The Kier molecular flexibility index (Phi) is 4.26. The lowest BCUT2D eigenvalue weighted by Crippen LogP contribution is -2.11. The molecule has 1 rings (SSSR count). The first-order valence-electron chi connectivity index (χ1n) is 4.38. The van der Waals surface area contributed by atoms with Crippen LogP contribution in [0.3, 0.4) is 0 Å². The summed E-state index contributed by atoms with van der Waals surface area (Å²) in [6, 6.07) is 5.41. The standard InChI is InChI=1S/C10H9FO5/c11-10(14)16-6-5-15-9(13)7-1-3-8(12)4-2-7/h1-4,12H,5-6H2. The summed E-state index contributed by atoms with van der Waals surface area (Å²) in [5.74, 6) is -0.613. The molecule has 0 aliphatic rings. The fourth-order valence-corrected chi connectivity index (χ4v) is 0.937. The maximum atomic E-state index is 11.6. The van der Waals surface area contributed by atoms with E-state index < -0.39 is 12.2 Å². The molecule has 1 aromatic carbocycles. The number of aromatic hydroxyl groups is 1. The molecule has 0 bridgehead atoms. The summed E-state index contributed by atoms with van der Waals surface area (Å²) >= 11 is 0. The average molecular weight is 228 g/mol. The van der Waals surface area contributed by atoms with Gasteiger partial charge < -0.3 is 14.6 Å². The maximum absolute atomic E-state index is 11.6. The highest BCUT2D eigenvalue weighted by Crippen LogP contribution is 2.10. The van der Waals surface area contributed by atoms with Gasteiger partial charge in [0.15, 0.2) is 0 Å². The van der Waals surface area contributed by atoms with Crippen molar-refractivity contribution in [3.63, 3.8) is 0 Å². The zero-order chi connectivity index (χ0) is 12.0. The van der Waals surface area contributed by atoms with Gasteiger partial charge in [-0.15, -0.1) is 4.39 Å². The molecule has 86 valence electrons. The van der Waals surface area contributed by atoms with Crippen molar-refractivity contribution >= 4 is 12.2 Å². The Morgan fingerprint density at radius 2 is 1.69 bits per heavy atom. The SMILES string of the molecule is O=C(F)OCCOC(=O)c1ccc(O)cc1. The first-order valence-corrected chi connectivity index (χ1v) is 4.38. The first-order chi connectivity index (χ1) is 7.59. The minimum absolute atomic E-state index is 0.0305. The Bertz CT molecular complexity index is 373. The molecule has 0 fully saturated rings. The van der Waals surface area contributed by atoms with Crippen molar-refractivity contribution in [1.82, 2.24) is 0 Å². The molecule has 0 spiro atoms. The molecule has 5 nitrogen and oxygen atoms in total. The largest absolute Gasteiger partial charge is 0.508 e. The highest BCUT2D eigenvalue weighted by molar-refractivity contribution is 5.89. The zero-order valence-electron chi connectivity index (χ0n) is 8.18. The van der Waals surface area contributed by atoms with Crippen molar-refractivity contribution < 1.29 is 28.6 Å². The van der Waals surface area contributed by atoms with Crippen LogP contribution in [0.1, 0.15) is 10.4 Å². The van der Waals surface area contributed by atoms with Gasteiger partial charge in [0.25, 0.3) is 0 Å². The van der Waals surface area contributed by atoms with Crippen LogP contribution in [-0.2, 0) is 9.47 Å². The smallest absolute Gasteiger partial charge is 0.495 e. The molecule has 0 heterocycles. The van der Waals surface area contributed by atoms with E-state index in [0.717, 1.165) is 0 Å². The monoisotopic (exact) mass is 228 g/mol. The van der Waals surface area contributed by atoms with Crippen LogP contribution in [-0.4, -0.2) is 30.5 Å². The first kappa shape index (κ1) is 12.0. The number of carbonyl (C=O) groups is 2. The van der Waals surface area contributed by atoms with E-state index in [9.17, 15) is 14.0 Å². The van der Waals surface area contributed by atoms with E-state index in [4.69, 9.17) is 5.11 Å². The van der Waals surface area contributed by atoms with Crippen LogP contribution in [0.2, 0.25) is 0 Å². The van der Waals surface area contributed by atoms with E-state index in [1.807, 2.05) is 0 Å². The van der Waals surface area contributed by atoms with E-state index >= 15 is 0 Å². The van der Waals surface area contributed by atoms with E-state index in [-0.39, 0.29) is 24.5 Å². The van der Waals surface area contributed by atoms with Gasteiger partial charge >= 0.3 is 12.2 Å². The van der Waals surface area contributed by atoms with Crippen LogP contribution in [0.25, 0.3) is 0 Å². The fourth-order valence-electron chi connectivity index (χ4n) is 0.937. The quantitative estimate of drug-likeness (QED) is 0.482. The van der Waals surface area contributed by atoms with E-state index in [2.05, 4.69) is 9.47 Å². The Balaban J connectivity index is 2.35. The van der Waals surface area contributed by atoms with Crippen molar-refractivity contribution in [1.29, 1.82) is 0 Å². The molecule has 0 radical (unpaired) electrons. The highest BCUT2D eigenvalue weighted by atomic mass is 19.1. The van der Waals surface area contributed by atoms with Crippen molar-refractivity contribution in [2.45, 2.75) is 0 Å². The molecule has 16 heavy (non-hydrogen) atoms. The normalized spacial score (nSPS) is 9.56. The Hall–Kier alpha value is -2.11. The molecule has 0 amide bonds. The van der Waals surface area contributed by atoms with Gasteiger partial charge in [-0.1, -0.05) is 0 Å². The number of halogens is 1. The van der Waals surface area contributed by atoms with Crippen LogP contribution in [0.4, 0.5) is 9.18 Å². The van der Waals surface area contributed by atoms with Crippen LogP contribution in [0.5, 0.6) is 5.75 Å². The summed E-state index contributed by atoms with van der Waals surface area (Å²) in [7, 11) is 0. The number of hydrogen-bond acceptors (Lipinski definition) is 5. The molecule has 0 saturated heterocycles. The summed E-state index contributed by atoms with van der Waals surface area (Å²) in [5.41, 5.74) is 0.240. The number of phenolic OH excluding ortho intramolecular Hbond substituents is 1. The number of phenols is 1. The third-order valence-electron chi connectivity index (χ3n) is 1.64. The Morgan fingerprint density at radius 1 is 1.12 bits per heavy atom. The van der Waals surface area contributed by atoms with Crippen molar-refractivity contribution in [2.24, 2.45) is 0 Å². The van der Waals surface area contributed by atoms with Crippen molar-refractivity contribution in [3.05, 3.63) is 29.8 Å². The van der Waals surface area contributed by atoms with Gasteiger partial charge in [0.2, 0.25) is 0 Å². The highest BCUT2D eigenvalue weighted by Gasteiger charge is 2.07. The molecule has 0 atom stereocenters. The summed E-state index contributed by atoms with van der Waals surface area (Å²) < 4.78 is 20.1. The molecule has 0 aliphatic carbocycles. The molecule has 0 aliphatic heterocycles. The minimum atomic E-state index is -1.92. The van der Waals surface area contributed by atoms with E-state index in [0.29, 0.717) is 0 Å². The van der Waals surface area contributed by atoms with Crippen LogP contribution < -0.4 is 0 Å². The number of carbonyl (C=O) groups excluding carboxylic acids is 2. The molecule has 0 aromatic heterocycles. The lowest BCUT2D eigenvalue weighted by Gasteiger charge is -2.03. The van der Waals surface area contributed by atoms with Gasteiger partial charge in [-0.05, 0) is 24.3 Å². The fraction of sp³-hybridized carbons (Fsp3) is 0.200. The number of esters is 1. The summed E-state index contributed by atoms with van der Waals surface area (Å²) in [5, 5.41) is 8.96. The lowest BCUT2D eigenvalue weighted by molar-refractivity contribution is 0.0375. The third kappa shape index (κ3) is 3.95. The number of benzene rings is 1. The Morgan fingerprint density at radius 3 is 2.25 bits per heavy atom. The maximum Gasteiger partial charge on any atom is 0.495 e. The number of ether oxygens (including phenoxy) is 2. The van der Waals surface area contributed by atoms with Crippen molar-refractivity contribution in [2.75, 3.05) is 13.2 Å². The van der Waals surface area contributed by atoms with Crippen molar-refractivity contribution in [3.8, 4) is 5.75 Å². The van der Waals surface area contributed by atoms with Gasteiger partial charge in [0.1, 0.15) is 19.0 Å². The second kappa shape index (κ2) is 5.69. The molecule has 0 saturated carbocycles.